The van der Waals surface area contributed by atoms with Crippen LogP contribution in [0.4, 0.5) is 0 Å². The summed E-state index contributed by atoms with van der Waals surface area (Å²) >= 11 is 0. The first kappa shape index (κ1) is 13.1. The maximum Gasteiger partial charge on any atom is 0.363 e. The van der Waals surface area contributed by atoms with Gasteiger partial charge < -0.3 is 9.15 Å². The van der Waals surface area contributed by atoms with Gasteiger partial charge in [0, 0.05) is 12.2 Å². The zero-order valence-corrected chi connectivity index (χ0v) is 11.4. The number of esters is 1. The Kier molecular flexibility index (Phi) is 3.51. The molecule has 0 atom stereocenters. The van der Waals surface area contributed by atoms with Crippen LogP contribution in [0, 0.1) is 6.92 Å². The summed E-state index contributed by atoms with van der Waals surface area (Å²) in [6, 6.07) is 13.3. The van der Waals surface area contributed by atoms with Crippen molar-refractivity contribution in [3.8, 4) is 0 Å². The first-order chi connectivity index (χ1) is 10.2. The minimum Gasteiger partial charge on any atom is -0.462 e. The molecule has 0 bridgehead atoms. The van der Waals surface area contributed by atoms with E-state index >= 15 is 0 Å². The molecule has 1 aliphatic heterocycles. The minimum absolute atomic E-state index is 0.233. The summed E-state index contributed by atoms with van der Waals surface area (Å²) in [5.74, 6) is 1.16. The van der Waals surface area contributed by atoms with Gasteiger partial charge in [0.15, 0.2) is 5.70 Å². The van der Waals surface area contributed by atoms with Crippen molar-refractivity contribution in [2.24, 2.45) is 4.99 Å². The van der Waals surface area contributed by atoms with Crippen LogP contribution in [0.3, 0.4) is 0 Å². The molecule has 1 aromatic heterocycles. The quantitative estimate of drug-likeness (QED) is 0.637. The standard InChI is InChI=1S/C17H13NO3/c1-12-7-9-14(20-12)11-15-17(19)21-16(18-15)10-8-13-5-3-2-4-6-13/h2-11H,1H3/b10-8+,15-11-. The van der Waals surface area contributed by atoms with Crippen molar-refractivity contribution in [2.75, 3.05) is 0 Å². The number of hydrogen-bond acceptors (Lipinski definition) is 4. The van der Waals surface area contributed by atoms with Crippen molar-refractivity contribution in [1.82, 2.24) is 0 Å². The van der Waals surface area contributed by atoms with Crippen LogP contribution in [0.1, 0.15) is 17.1 Å². The summed E-state index contributed by atoms with van der Waals surface area (Å²) in [5, 5.41) is 0. The molecule has 2 heterocycles. The van der Waals surface area contributed by atoms with Crippen LogP contribution in [0.25, 0.3) is 12.2 Å². The predicted octanol–water partition coefficient (Wildman–Crippen LogP) is 3.60. The lowest BCUT2D eigenvalue weighted by atomic mass is 10.2. The summed E-state index contributed by atoms with van der Waals surface area (Å²) in [6.45, 7) is 1.84. The van der Waals surface area contributed by atoms with Crippen LogP contribution in [-0.2, 0) is 9.53 Å². The number of aryl methyl sites for hydroxylation is 1. The van der Waals surface area contributed by atoms with E-state index in [9.17, 15) is 4.79 Å². The topological polar surface area (TPSA) is 51.8 Å². The number of nitrogens with zero attached hydrogens (tertiary/aromatic N) is 1. The maximum atomic E-state index is 11.7. The van der Waals surface area contributed by atoms with Gasteiger partial charge in [-0.05, 0) is 30.7 Å². The van der Waals surface area contributed by atoms with Crippen molar-refractivity contribution in [3.63, 3.8) is 0 Å². The van der Waals surface area contributed by atoms with Crippen LogP contribution in [0.2, 0.25) is 0 Å². The van der Waals surface area contributed by atoms with Gasteiger partial charge in [-0.25, -0.2) is 9.79 Å². The smallest absolute Gasteiger partial charge is 0.363 e. The van der Waals surface area contributed by atoms with Gasteiger partial charge in [0.25, 0.3) is 0 Å². The average Bonchev–Trinajstić information content (AvgIpc) is 3.05. The molecule has 0 fully saturated rings. The van der Waals surface area contributed by atoms with Gasteiger partial charge in [-0.1, -0.05) is 30.3 Å². The number of carbonyl (C=O) groups excluding carboxylic acids is 1. The molecule has 0 aliphatic carbocycles. The van der Waals surface area contributed by atoms with Crippen molar-refractivity contribution < 1.29 is 13.9 Å². The van der Waals surface area contributed by atoms with Crippen molar-refractivity contribution in [2.45, 2.75) is 6.92 Å². The Labute approximate surface area is 122 Å². The third-order valence-corrected chi connectivity index (χ3v) is 2.90. The van der Waals surface area contributed by atoms with Crippen LogP contribution < -0.4 is 0 Å². The van der Waals surface area contributed by atoms with Gasteiger partial charge in [-0.2, -0.15) is 0 Å². The molecule has 4 heteroatoms. The molecular weight excluding hydrogens is 266 g/mol. The first-order valence-electron chi connectivity index (χ1n) is 6.53. The Morgan fingerprint density at radius 3 is 2.57 bits per heavy atom. The molecule has 0 amide bonds. The van der Waals surface area contributed by atoms with E-state index in [1.165, 1.54) is 0 Å². The number of ether oxygens (including phenoxy) is 1. The molecule has 3 rings (SSSR count). The highest BCUT2D eigenvalue weighted by Crippen LogP contribution is 2.18. The number of benzene rings is 1. The lowest BCUT2D eigenvalue weighted by Gasteiger charge is -1.92. The highest BCUT2D eigenvalue weighted by molar-refractivity contribution is 6.11. The van der Waals surface area contributed by atoms with Gasteiger partial charge in [0.05, 0.1) is 0 Å². The highest BCUT2D eigenvalue weighted by atomic mass is 16.6. The third kappa shape index (κ3) is 3.17. The van der Waals surface area contributed by atoms with E-state index in [-0.39, 0.29) is 11.6 Å². The van der Waals surface area contributed by atoms with Crippen LogP contribution in [-0.4, -0.2) is 11.9 Å². The molecule has 0 saturated heterocycles. The average molecular weight is 279 g/mol. The number of aliphatic imine (C=N–C) groups is 1. The lowest BCUT2D eigenvalue weighted by Crippen LogP contribution is -2.00. The molecule has 0 radical (unpaired) electrons. The fraction of sp³-hybridized carbons (Fsp3) is 0.0588. The van der Waals surface area contributed by atoms with E-state index in [1.54, 1.807) is 18.2 Å². The zero-order chi connectivity index (χ0) is 14.7. The molecule has 1 aliphatic rings. The summed E-state index contributed by atoms with van der Waals surface area (Å²) in [6.07, 6.45) is 5.08. The normalized spacial score (nSPS) is 16.5. The van der Waals surface area contributed by atoms with E-state index in [2.05, 4.69) is 4.99 Å². The second kappa shape index (κ2) is 5.63. The van der Waals surface area contributed by atoms with Crippen molar-refractivity contribution in [1.29, 1.82) is 0 Å². The van der Waals surface area contributed by atoms with Crippen LogP contribution in [0.5, 0.6) is 0 Å². The Hall–Kier alpha value is -2.88. The Bertz CT molecular complexity index is 751. The molecular formula is C17H13NO3. The molecule has 4 nitrogen and oxygen atoms in total. The summed E-state index contributed by atoms with van der Waals surface area (Å²) < 4.78 is 10.5. The van der Waals surface area contributed by atoms with E-state index in [4.69, 9.17) is 9.15 Å². The summed E-state index contributed by atoms with van der Waals surface area (Å²) in [4.78, 5) is 15.9. The van der Waals surface area contributed by atoms with Gasteiger partial charge in [0.1, 0.15) is 11.5 Å². The van der Waals surface area contributed by atoms with Gasteiger partial charge in [-0.3, -0.25) is 0 Å². The van der Waals surface area contributed by atoms with E-state index in [1.807, 2.05) is 49.4 Å². The molecule has 1 aromatic carbocycles. The van der Waals surface area contributed by atoms with E-state index in [0.717, 1.165) is 11.3 Å². The van der Waals surface area contributed by atoms with Crippen LogP contribution >= 0.6 is 0 Å². The number of rotatable bonds is 3. The summed E-state index contributed by atoms with van der Waals surface area (Å²) in [7, 11) is 0. The highest BCUT2D eigenvalue weighted by Gasteiger charge is 2.21. The SMILES string of the molecule is Cc1ccc(/C=C2N=C(/C=C/c3ccccc3)OC\2=O)o1. The Balaban J connectivity index is 1.79. The monoisotopic (exact) mass is 279 g/mol. The zero-order valence-electron chi connectivity index (χ0n) is 11.4. The van der Waals surface area contributed by atoms with Crippen molar-refractivity contribution in [3.05, 3.63) is 71.3 Å². The fourth-order valence-corrected chi connectivity index (χ4v) is 1.89. The second-order valence-corrected chi connectivity index (χ2v) is 4.56. The fourth-order valence-electron chi connectivity index (χ4n) is 1.89. The first-order valence-corrected chi connectivity index (χ1v) is 6.53. The molecule has 104 valence electrons. The van der Waals surface area contributed by atoms with Crippen LogP contribution in [0.15, 0.2) is 63.6 Å². The number of carbonyl (C=O) groups is 1. The molecule has 2 aromatic rings. The molecule has 0 N–H and O–H groups in total. The second-order valence-electron chi connectivity index (χ2n) is 4.56. The number of furan rings is 1. The predicted molar refractivity (Wildman–Crippen MR) is 80.4 cm³/mol. The molecule has 0 unspecified atom stereocenters. The third-order valence-electron chi connectivity index (χ3n) is 2.90. The van der Waals surface area contributed by atoms with E-state index in [0.29, 0.717) is 5.76 Å². The Morgan fingerprint density at radius 2 is 1.86 bits per heavy atom. The largest absolute Gasteiger partial charge is 0.462 e. The summed E-state index contributed by atoms with van der Waals surface area (Å²) in [5.41, 5.74) is 1.24. The molecule has 21 heavy (non-hydrogen) atoms. The minimum atomic E-state index is -0.475. The maximum absolute atomic E-state index is 11.7. The van der Waals surface area contributed by atoms with Gasteiger partial charge in [-0.15, -0.1) is 0 Å². The number of cyclic esters (lactones) is 1. The van der Waals surface area contributed by atoms with Crippen molar-refractivity contribution >= 4 is 24.0 Å². The number of hydrogen-bond donors (Lipinski definition) is 0. The Morgan fingerprint density at radius 1 is 1.05 bits per heavy atom. The molecule has 0 spiro atoms. The van der Waals surface area contributed by atoms with E-state index < -0.39 is 5.97 Å². The lowest BCUT2D eigenvalue weighted by molar-refractivity contribution is -0.129. The van der Waals surface area contributed by atoms with Gasteiger partial charge in [0.2, 0.25) is 5.90 Å². The van der Waals surface area contributed by atoms with Gasteiger partial charge >= 0.3 is 5.97 Å². The molecule has 0 saturated carbocycles.